The second-order valence-corrected chi connectivity index (χ2v) is 11.1. The van der Waals surface area contributed by atoms with Gasteiger partial charge in [-0.05, 0) is 60.6 Å². The van der Waals surface area contributed by atoms with Crippen LogP contribution in [0.4, 0.5) is 4.39 Å². The van der Waals surface area contributed by atoms with E-state index in [1.54, 1.807) is 36.9 Å². The molecule has 1 aliphatic carbocycles. The van der Waals surface area contributed by atoms with Crippen LogP contribution in [-0.2, 0) is 27.7 Å². The topological polar surface area (TPSA) is 86.8 Å². The van der Waals surface area contributed by atoms with Gasteiger partial charge >= 0.3 is 0 Å². The largest absolute Gasteiger partial charge is 0.340 e. The van der Waals surface area contributed by atoms with Crippen molar-refractivity contribution in [3.63, 3.8) is 0 Å². The highest BCUT2D eigenvalue weighted by Gasteiger charge is 2.35. The summed E-state index contributed by atoms with van der Waals surface area (Å²) in [6.07, 6.45) is 2.93. The summed E-state index contributed by atoms with van der Waals surface area (Å²) in [5.41, 5.74) is 2.19. The summed E-state index contributed by atoms with van der Waals surface area (Å²) >= 11 is 0. The Kier molecular flexibility index (Phi) is 7.04. The Bertz CT molecular complexity index is 1190. The van der Waals surface area contributed by atoms with Crippen LogP contribution in [-0.4, -0.2) is 61.7 Å². The summed E-state index contributed by atoms with van der Waals surface area (Å²) in [6, 6.07) is 10.1. The van der Waals surface area contributed by atoms with Gasteiger partial charge in [0.05, 0.1) is 10.5 Å². The van der Waals surface area contributed by atoms with Crippen molar-refractivity contribution in [2.45, 2.75) is 44.0 Å². The lowest BCUT2D eigenvalue weighted by molar-refractivity contribution is -0.135. The minimum absolute atomic E-state index is 0.119. The molecule has 1 fully saturated rings. The molecule has 1 heterocycles. The molecular formula is C25H30FN3O4S. The van der Waals surface area contributed by atoms with E-state index >= 15 is 0 Å². The van der Waals surface area contributed by atoms with Crippen LogP contribution in [0.3, 0.4) is 0 Å². The molecule has 0 unspecified atom stereocenters. The van der Waals surface area contributed by atoms with Gasteiger partial charge in [0, 0.05) is 26.2 Å². The molecule has 0 aromatic heterocycles. The minimum Gasteiger partial charge on any atom is -0.340 e. The highest BCUT2D eigenvalue weighted by Crippen LogP contribution is 2.27. The van der Waals surface area contributed by atoms with Gasteiger partial charge in [0.2, 0.25) is 15.9 Å². The SMILES string of the molecule is CC(C)[C@H](NC(=O)c1ccccc1F)C(=O)N1CCN(S(=O)(=O)c2ccc3c(c2)CCC3)CC1. The number of nitrogens with zero attached hydrogens (tertiary/aromatic N) is 2. The standard InChI is InChI=1S/C25H30FN3O4S/c1-17(2)23(27-24(30)21-8-3-4-9-22(21)26)25(31)28-12-14-29(15-13-28)34(32,33)20-11-10-18-6-5-7-19(18)16-20/h3-4,8-11,16-17,23H,5-7,12-15H2,1-2H3,(H,27,30)/t23-/m0/s1. The number of sulfonamides is 1. The molecule has 7 nitrogen and oxygen atoms in total. The summed E-state index contributed by atoms with van der Waals surface area (Å²) < 4.78 is 41.7. The smallest absolute Gasteiger partial charge is 0.254 e. The fourth-order valence-corrected chi connectivity index (χ4v) is 6.05. The Labute approximate surface area is 200 Å². The first-order valence-electron chi connectivity index (χ1n) is 11.6. The fraction of sp³-hybridized carbons (Fsp3) is 0.440. The highest BCUT2D eigenvalue weighted by molar-refractivity contribution is 7.89. The first-order valence-corrected chi connectivity index (χ1v) is 13.1. The number of hydrogen-bond donors (Lipinski definition) is 1. The van der Waals surface area contributed by atoms with Gasteiger partial charge < -0.3 is 10.2 Å². The quantitative estimate of drug-likeness (QED) is 0.679. The molecule has 0 spiro atoms. The molecule has 1 N–H and O–H groups in total. The Balaban J connectivity index is 1.41. The molecule has 2 aromatic rings. The van der Waals surface area contributed by atoms with E-state index in [4.69, 9.17) is 0 Å². The maximum atomic E-state index is 14.0. The van der Waals surface area contributed by atoms with Crippen molar-refractivity contribution in [3.05, 3.63) is 65.0 Å². The van der Waals surface area contributed by atoms with Crippen LogP contribution in [0.5, 0.6) is 0 Å². The van der Waals surface area contributed by atoms with Crippen molar-refractivity contribution >= 4 is 21.8 Å². The molecule has 2 aliphatic rings. The van der Waals surface area contributed by atoms with Crippen molar-refractivity contribution < 1.29 is 22.4 Å². The van der Waals surface area contributed by atoms with Crippen LogP contribution in [0.1, 0.15) is 41.8 Å². The molecule has 0 bridgehead atoms. The molecule has 182 valence electrons. The molecule has 34 heavy (non-hydrogen) atoms. The van der Waals surface area contributed by atoms with E-state index in [0.717, 1.165) is 24.8 Å². The van der Waals surface area contributed by atoms with Gasteiger partial charge in [-0.1, -0.05) is 32.0 Å². The van der Waals surface area contributed by atoms with Crippen molar-refractivity contribution in [2.75, 3.05) is 26.2 Å². The van der Waals surface area contributed by atoms with Crippen molar-refractivity contribution in [1.82, 2.24) is 14.5 Å². The Morgan fingerprint density at radius 3 is 2.32 bits per heavy atom. The Hall–Kier alpha value is -2.78. The van der Waals surface area contributed by atoms with Gasteiger partial charge in [0.1, 0.15) is 11.9 Å². The zero-order chi connectivity index (χ0) is 24.5. The molecule has 2 amide bonds. The lowest BCUT2D eigenvalue weighted by Crippen LogP contribution is -2.57. The molecule has 9 heteroatoms. The van der Waals surface area contributed by atoms with Crippen molar-refractivity contribution in [3.8, 4) is 0 Å². The molecule has 1 atom stereocenters. The predicted molar refractivity (Wildman–Crippen MR) is 126 cm³/mol. The lowest BCUT2D eigenvalue weighted by atomic mass is 10.0. The monoisotopic (exact) mass is 487 g/mol. The number of rotatable bonds is 6. The van der Waals surface area contributed by atoms with E-state index in [-0.39, 0.29) is 43.6 Å². The van der Waals surface area contributed by atoms with Gasteiger partial charge in [0.15, 0.2) is 0 Å². The predicted octanol–water partition coefficient (Wildman–Crippen LogP) is 2.60. The van der Waals surface area contributed by atoms with Crippen LogP contribution < -0.4 is 5.32 Å². The Morgan fingerprint density at radius 2 is 1.65 bits per heavy atom. The van der Waals surface area contributed by atoms with Crippen LogP contribution >= 0.6 is 0 Å². The number of carbonyl (C=O) groups is 2. The molecule has 0 saturated carbocycles. The van der Waals surface area contributed by atoms with Crippen molar-refractivity contribution in [1.29, 1.82) is 0 Å². The number of nitrogens with one attached hydrogen (secondary N) is 1. The van der Waals surface area contributed by atoms with Gasteiger partial charge in [-0.3, -0.25) is 9.59 Å². The first-order chi connectivity index (χ1) is 16.2. The minimum atomic E-state index is -3.65. The van der Waals surface area contributed by atoms with Gasteiger partial charge in [-0.15, -0.1) is 0 Å². The summed E-state index contributed by atoms with van der Waals surface area (Å²) in [7, 11) is -3.65. The molecule has 1 saturated heterocycles. The number of fused-ring (bicyclic) bond motifs is 1. The van der Waals surface area contributed by atoms with E-state index in [0.29, 0.717) is 4.90 Å². The number of benzene rings is 2. The average molecular weight is 488 g/mol. The van der Waals surface area contributed by atoms with Gasteiger partial charge in [0.25, 0.3) is 5.91 Å². The van der Waals surface area contributed by atoms with Gasteiger partial charge in [-0.2, -0.15) is 4.31 Å². The third-order valence-electron chi connectivity index (χ3n) is 6.60. The number of hydrogen-bond acceptors (Lipinski definition) is 4. The van der Waals surface area contributed by atoms with Crippen LogP contribution in [0.15, 0.2) is 47.4 Å². The molecule has 4 rings (SSSR count). The van der Waals surface area contributed by atoms with Crippen LogP contribution in [0, 0.1) is 11.7 Å². The zero-order valence-corrected chi connectivity index (χ0v) is 20.3. The summed E-state index contributed by atoms with van der Waals surface area (Å²) in [4.78, 5) is 27.6. The maximum Gasteiger partial charge on any atom is 0.254 e. The third-order valence-corrected chi connectivity index (χ3v) is 8.49. The van der Waals surface area contributed by atoms with Crippen LogP contribution in [0.2, 0.25) is 0 Å². The lowest BCUT2D eigenvalue weighted by Gasteiger charge is -2.36. The Morgan fingerprint density at radius 1 is 0.971 bits per heavy atom. The number of amides is 2. The van der Waals surface area contributed by atoms with E-state index in [1.165, 1.54) is 28.1 Å². The second kappa shape index (κ2) is 9.84. The molecule has 1 aliphatic heterocycles. The zero-order valence-electron chi connectivity index (χ0n) is 19.5. The normalized spacial score (nSPS) is 17.5. The number of piperazine rings is 1. The maximum absolute atomic E-state index is 14.0. The van der Waals surface area contributed by atoms with E-state index in [9.17, 15) is 22.4 Å². The summed E-state index contributed by atoms with van der Waals surface area (Å²) in [5, 5.41) is 2.66. The molecule has 0 radical (unpaired) electrons. The molecule has 2 aromatic carbocycles. The number of aryl methyl sites for hydroxylation is 2. The van der Waals surface area contributed by atoms with Gasteiger partial charge in [-0.25, -0.2) is 12.8 Å². The highest BCUT2D eigenvalue weighted by atomic mass is 32.2. The van der Waals surface area contributed by atoms with E-state index < -0.39 is 27.8 Å². The summed E-state index contributed by atoms with van der Waals surface area (Å²) in [5.74, 6) is -1.83. The number of carbonyl (C=O) groups excluding carboxylic acids is 2. The van der Waals surface area contributed by atoms with Crippen molar-refractivity contribution in [2.24, 2.45) is 5.92 Å². The van der Waals surface area contributed by atoms with Crippen LogP contribution in [0.25, 0.3) is 0 Å². The number of halogens is 1. The third kappa shape index (κ3) is 4.86. The second-order valence-electron chi connectivity index (χ2n) is 9.19. The molecular weight excluding hydrogens is 457 g/mol. The fourth-order valence-electron chi connectivity index (χ4n) is 4.58. The van der Waals surface area contributed by atoms with E-state index in [2.05, 4.69) is 5.32 Å². The summed E-state index contributed by atoms with van der Waals surface area (Å²) in [6.45, 7) is 4.41. The van der Waals surface area contributed by atoms with E-state index in [1.807, 2.05) is 6.07 Å². The first kappa shape index (κ1) is 24.3. The average Bonchev–Trinajstić information content (AvgIpc) is 3.30.